The Balaban J connectivity index is 1.84. The average molecular weight is 397 g/mol. The second kappa shape index (κ2) is 10.6. The molecule has 0 heterocycles. The first-order chi connectivity index (χ1) is 13.9. The number of carbonyl (C=O) groups excluding carboxylic acids is 4. The van der Waals surface area contributed by atoms with Crippen molar-refractivity contribution < 1.29 is 23.9 Å². The molecule has 152 valence electrons. The van der Waals surface area contributed by atoms with Gasteiger partial charge in [-0.15, -0.1) is 0 Å². The Labute approximate surface area is 168 Å². The topological polar surface area (TPSA) is 114 Å². The molecule has 0 unspecified atom stereocenters. The van der Waals surface area contributed by atoms with Crippen molar-refractivity contribution in [2.45, 2.75) is 19.9 Å². The summed E-state index contributed by atoms with van der Waals surface area (Å²) in [6, 6.07) is 15.4. The Morgan fingerprint density at radius 1 is 0.897 bits per heavy atom. The summed E-state index contributed by atoms with van der Waals surface area (Å²) in [5.41, 5.74) is 0.881. The van der Waals surface area contributed by atoms with Crippen LogP contribution in [0.2, 0.25) is 0 Å². The van der Waals surface area contributed by atoms with Crippen LogP contribution >= 0.6 is 0 Å². The number of imide groups is 1. The first-order valence-corrected chi connectivity index (χ1v) is 9.05. The van der Waals surface area contributed by atoms with Gasteiger partial charge in [0.2, 0.25) is 0 Å². The number of para-hydroxylation sites is 1. The Morgan fingerprint density at radius 2 is 1.48 bits per heavy atom. The van der Waals surface area contributed by atoms with Gasteiger partial charge in [-0.25, -0.2) is 9.59 Å². The van der Waals surface area contributed by atoms with Crippen LogP contribution in [0.15, 0.2) is 60.7 Å². The Hall–Kier alpha value is -3.68. The van der Waals surface area contributed by atoms with Crippen molar-refractivity contribution in [2.75, 3.05) is 11.9 Å². The highest BCUT2D eigenvalue weighted by atomic mass is 16.5. The Kier molecular flexibility index (Phi) is 7.90. The molecule has 8 heteroatoms. The van der Waals surface area contributed by atoms with Crippen molar-refractivity contribution in [3.8, 4) is 0 Å². The lowest BCUT2D eigenvalue weighted by molar-refractivity contribution is -0.151. The van der Waals surface area contributed by atoms with Crippen molar-refractivity contribution >= 4 is 29.5 Å². The fourth-order valence-electron chi connectivity index (χ4n) is 2.38. The fraction of sp³-hybridized carbons (Fsp3) is 0.238. The molecule has 0 fully saturated rings. The standard InChI is InChI=1S/C21H23N3O5/c1-14(2)18(24-21(28)22-16-11-7-4-8-12-16)20(27)29-13-17(25)23-19(26)15-9-5-3-6-10-15/h3-12,14,18H,13H2,1-2H3,(H2,22,24,28)(H,23,25,26)/t18-/m0/s1. The molecule has 8 nitrogen and oxygen atoms in total. The molecule has 4 amide bonds. The summed E-state index contributed by atoms with van der Waals surface area (Å²) >= 11 is 0. The van der Waals surface area contributed by atoms with Crippen LogP contribution in [-0.2, 0) is 14.3 Å². The van der Waals surface area contributed by atoms with Crippen LogP contribution in [0.5, 0.6) is 0 Å². The quantitative estimate of drug-likeness (QED) is 0.621. The third-order valence-electron chi connectivity index (χ3n) is 3.87. The zero-order valence-electron chi connectivity index (χ0n) is 16.2. The maximum atomic E-state index is 12.3. The zero-order chi connectivity index (χ0) is 21.2. The highest BCUT2D eigenvalue weighted by Crippen LogP contribution is 2.07. The first kappa shape index (κ1) is 21.6. The van der Waals surface area contributed by atoms with E-state index in [9.17, 15) is 19.2 Å². The van der Waals surface area contributed by atoms with E-state index in [-0.39, 0.29) is 5.92 Å². The van der Waals surface area contributed by atoms with E-state index < -0.39 is 36.5 Å². The Bertz CT molecular complexity index is 853. The third-order valence-corrected chi connectivity index (χ3v) is 3.87. The largest absolute Gasteiger partial charge is 0.454 e. The summed E-state index contributed by atoms with van der Waals surface area (Å²) in [6.45, 7) is 2.82. The number of carbonyl (C=O) groups is 4. The minimum Gasteiger partial charge on any atom is -0.454 e. The summed E-state index contributed by atoms with van der Waals surface area (Å²) in [4.78, 5) is 48.2. The summed E-state index contributed by atoms with van der Waals surface area (Å²) < 4.78 is 4.97. The van der Waals surface area contributed by atoms with Gasteiger partial charge in [0.15, 0.2) is 6.61 Å². The van der Waals surface area contributed by atoms with Gasteiger partial charge in [0.05, 0.1) is 0 Å². The number of nitrogens with one attached hydrogen (secondary N) is 3. The van der Waals surface area contributed by atoms with Crippen molar-refractivity contribution in [1.29, 1.82) is 0 Å². The molecular formula is C21H23N3O5. The molecular weight excluding hydrogens is 374 g/mol. The molecule has 2 rings (SSSR count). The molecule has 0 aliphatic heterocycles. The van der Waals surface area contributed by atoms with E-state index >= 15 is 0 Å². The van der Waals surface area contributed by atoms with Crippen molar-refractivity contribution in [2.24, 2.45) is 5.92 Å². The van der Waals surface area contributed by atoms with Crippen LogP contribution in [-0.4, -0.2) is 36.5 Å². The van der Waals surface area contributed by atoms with E-state index in [0.29, 0.717) is 11.3 Å². The number of amides is 4. The molecule has 29 heavy (non-hydrogen) atoms. The molecule has 0 spiro atoms. The maximum Gasteiger partial charge on any atom is 0.329 e. The third kappa shape index (κ3) is 7.10. The molecule has 3 N–H and O–H groups in total. The molecule has 0 saturated heterocycles. The fourth-order valence-corrected chi connectivity index (χ4v) is 2.38. The first-order valence-electron chi connectivity index (χ1n) is 9.05. The molecule has 0 bridgehead atoms. The van der Waals surface area contributed by atoms with Crippen LogP contribution in [0, 0.1) is 5.92 Å². The monoisotopic (exact) mass is 397 g/mol. The van der Waals surface area contributed by atoms with Gasteiger partial charge >= 0.3 is 12.0 Å². The number of rotatable bonds is 7. The van der Waals surface area contributed by atoms with E-state index in [1.54, 1.807) is 68.4 Å². The van der Waals surface area contributed by atoms with E-state index in [0.717, 1.165) is 0 Å². The van der Waals surface area contributed by atoms with Crippen molar-refractivity contribution in [1.82, 2.24) is 10.6 Å². The van der Waals surface area contributed by atoms with Gasteiger partial charge in [-0.3, -0.25) is 14.9 Å². The molecule has 0 aliphatic rings. The number of esters is 1. The van der Waals surface area contributed by atoms with Crippen LogP contribution in [0.4, 0.5) is 10.5 Å². The van der Waals surface area contributed by atoms with Crippen LogP contribution in [0.3, 0.4) is 0 Å². The number of benzene rings is 2. The predicted molar refractivity (Wildman–Crippen MR) is 107 cm³/mol. The van der Waals surface area contributed by atoms with Crippen molar-refractivity contribution in [3.63, 3.8) is 0 Å². The highest BCUT2D eigenvalue weighted by Gasteiger charge is 2.26. The average Bonchev–Trinajstić information content (AvgIpc) is 2.71. The highest BCUT2D eigenvalue weighted by molar-refractivity contribution is 6.05. The van der Waals surface area contributed by atoms with Crippen LogP contribution in [0.1, 0.15) is 24.2 Å². The van der Waals surface area contributed by atoms with Crippen LogP contribution in [0.25, 0.3) is 0 Å². The van der Waals surface area contributed by atoms with E-state index in [1.807, 2.05) is 6.07 Å². The minimum atomic E-state index is -0.962. The normalized spacial score (nSPS) is 11.3. The van der Waals surface area contributed by atoms with Crippen LogP contribution < -0.4 is 16.0 Å². The SMILES string of the molecule is CC(C)[C@H](NC(=O)Nc1ccccc1)C(=O)OCC(=O)NC(=O)c1ccccc1. The summed E-state index contributed by atoms with van der Waals surface area (Å²) in [5.74, 6) is -2.40. The van der Waals surface area contributed by atoms with Crippen molar-refractivity contribution in [3.05, 3.63) is 66.2 Å². The number of hydrogen-bond donors (Lipinski definition) is 3. The number of ether oxygens (including phenoxy) is 1. The second-order valence-electron chi connectivity index (χ2n) is 6.54. The number of hydrogen-bond acceptors (Lipinski definition) is 5. The molecule has 1 atom stereocenters. The van der Waals surface area contributed by atoms with Gasteiger partial charge in [-0.1, -0.05) is 50.2 Å². The zero-order valence-corrected chi connectivity index (χ0v) is 16.2. The minimum absolute atomic E-state index is 0.280. The summed E-state index contributed by atoms with van der Waals surface area (Å²) in [6.07, 6.45) is 0. The van der Waals surface area contributed by atoms with Gasteiger partial charge in [0.25, 0.3) is 11.8 Å². The summed E-state index contributed by atoms with van der Waals surface area (Å²) in [5, 5.41) is 7.28. The molecule has 2 aromatic carbocycles. The lowest BCUT2D eigenvalue weighted by Crippen LogP contribution is -2.47. The predicted octanol–water partition coefficient (Wildman–Crippen LogP) is 2.33. The van der Waals surface area contributed by atoms with Gasteiger partial charge in [-0.05, 0) is 30.2 Å². The lowest BCUT2D eigenvalue weighted by Gasteiger charge is -2.21. The molecule has 0 aromatic heterocycles. The van der Waals surface area contributed by atoms with E-state index in [4.69, 9.17) is 4.74 Å². The number of anilines is 1. The maximum absolute atomic E-state index is 12.3. The van der Waals surface area contributed by atoms with E-state index in [2.05, 4.69) is 16.0 Å². The second-order valence-corrected chi connectivity index (χ2v) is 6.54. The lowest BCUT2D eigenvalue weighted by atomic mass is 10.1. The van der Waals surface area contributed by atoms with Gasteiger partial charge in [-0.2, -0.15) is 0 Å². The molecule has 0 aliphatic carbocycles. The van der Waals surface area contributed by atoms with Gasteiger partial charge in [0.1, 0.15) is 6.04 Å². The Morgan fingerprint density at radius 3 is 2.07 bits per heavy atom. The molecule has 0 radical (unpaired) electrons. The van der Waals surface area contributed by atoms with Gasteiger partial charge < -0.3 is 15.4 Å². The van der Waals surface area contributed by atoms with Gasteiger partial charge in [0, 0.05) is 11.3 Å². The number of urea groups is 1. The molecule has 2 aromatic rings. The molecule has 0 saturated carbocycles. The van der Waals surface area contributed by atoms with E-state index in [1.165, 1.54) is 0 Å². The summed E-state index contributed by atoms with van der Waals surface area (Å²) in [7, 11) is 0. The smallest absolute Gasteiger partial charge is 0.329 e.